The third kappa shape index (κ3) is 7.81. The Balaban J connectivity index is 2.03. The van der Waals surface area contributed by atoms with E-state index in [9.17, 15) is 9.59 Å². The lowest BCUT2D eigenvalue weighted by atomic mass is 10.2. The number of hydrogen-bond acceptors (Lipinski definition) is 4. The molecule has 0 fully saturated rings. The number of methoxy groups -OCH3 is 1. The fourth-order valence-corrected chi connectivity index (χ4v) is 1.58. The molecular weight excluding hydrogens is 272 g/mol. The predicted octanol–water partition coefficient (Wildman–Crippen LogP) is 1.63. The van der Waals surface area contributed by atoms with Crippen LogP contribution in [0.15, 0.2) is 24.3 Å². The number of carbonyl (C=O) groups is 2. The SMILES string of the molecule is COC(=O)NCCNC(=O)CCCOc1ccc(C)cc1. The Kier molecular flexibility index (Phi) is 7.71. The van der Waals surface area contributed by atoms with Gasteiger partial charge in [-0.25, -0.2) is 4.79 Å². The Morgan fingerprint density at radius 3 is 2.43 bits per heavy atom. The number of ether oxygens (including phenoxy) is 2. The topological polar surface area (TPSA) is 76.7 Å². The van der Waals surface area contributed by atoms with Crippen LogP contribution in [0.2, 0.25) is 0 Å². The van der Waals surface area contributed by atoms with Crippen molar-refractivity contribution < 1.29 is 19.1 Å². The van der Waals surface area contributed by atoms with Gasteiger partial charge in [0.05, 0.1) is 13.7 Å². The highest BCUT2D eigenvalue weighted by molar-refractivity contribution is 5.75. The van der Waals surface area contributed by atoms with Gasteiger partial charge in [-0.15, -0.1) is 0 Å². The Hall–Kier alpha value is -2.24. The Labute approximate surface area is 124 Å². The van der Waals surface area contributed by atoms with E-state index in [-0.39, 0.29) is 5.91 Å². The van der Waals surface area contributed by atoms with Gasteiger partial charge in [0, 0.05) is 19.5 Å². The summed E-state index contributed by atoms with van der Waals surface area (Å²) in [6.45, 7) is 3.24. The van der Waals surface area contributed by atoms with Crippen molar-refractivity contribution in [2.24, 2.45) is 0 Å². The summed E-state index contributed by atoms with van der Waals surface area (Å²) in [5.74, 6) is 0.748. The molecule has 1 aromatic carbocycles. The highest BCUT2D eigenvalue weighted by Crippen LogP contribution is 2.11. The summed E-state index contributed by atoms with van der Waals surface area (Å²) < 4.78 is 9.94. The van der Waals surface area contributed by atoms with E-state index in [1.54, 1.807) is 0 Å². The fourth-order valence-electron chi connectivity index (χ4n) is 1.58. The van der Waals surface area contributed by atoms with Crippen LogP contribution < -0.4 is 15.4 Å². The van der Waals surface area contributed by atoms with E-state index in [0.717, 1.165) is 5.75 Å². The van der Waals surface area contributed by atoms with Crippen LogP contribution in [-0.2, 0) is 9.53 Å². The van der Waals surface area contributed by atoms with Crippen molar-refractivity contribution in [3.05, 3.63) is 29.8 Å². The van der Waals surface area contributed by atoms with E-state index >= 15 is 0 Å². The first-order chi connectivity index (χ1) is 10.1. The second-order valence-corrected chi connectivity index (χ2v) is 4.53. The third-order valence-corrected chi connectivity index (χ3v) is 2.74. The molecule has 0 heterocycles. The van der Waals surface area contributed by atoms with Crippen molar-refractivity contribution in [2.75, 3.05) is 26.8 Å². The molecule has 2 N–H and O–H groups in total. The van der Waals surface area contributed by atoms with Gasteiger partial charge < -0.3 is 20.1 Å². The maximum atomic E-state index is 11.5. The summed E-state index contributed by atoms with van der Waals surface area (Å²) in [6.07, 6.45) is 0.532. The van der Waals surface area contributed by atoms with Crippen molar-refractivity contribution in [3.63, 3.8) is 0 Å². The number of amides is 2. The van der Waals surface area contributed by atoms with Crippen LogP contribution >= 0.6 is 0 Å². The number of carbonyl (C=O) groups excluding carboxylic acids is 2. The van der Waals surface area contributed by atoms with Crippen LogP contribution in [0.3, 0.4) is 0 Å². The lowest BCUT2D eigenvalue weighted by molar-refractivity contribution is -0.121. The molecule has 0 aliphatic rings. The zero-order valence-electron chi connectivity index (χ0n) is 12.5. The van der Waals surface area contributed by atoms with Gasteiger partial charge in [-0.05, 0) is 25.5 Å². The number of alkyl carbamates (subject to hydrolysis) is 1. The largest absolute Gasteiger partial charge is 0.494 e. The molecule has 21 heavy (non-hydrogen) atoms. The minimum atomic E-state index is -0.504. The lowest BCUT2D eigenvalue weighted by Crippen LogP contribution is -2.34. The van der Waals surface area contributed by atoms with Gasteiger partial charge in [0.25, 0.3) is 0 Å². The number of aryl methyl sites for hydroxylation is 1. The lowest BCUT2D eigenvalue weighted by Gasteiger charge is -2.07. The molecule has 0 bridgehead atoms. The molecule has 0 aliphatic heterocycles. The first kappa shape index (κ1) is 16.8. The molecule has 2 amide bonds. The fraction of sp³-hybridized carbons (Fsp3) is 0.467. The van der Waals surface area contributed by atoms with Crippen molar-refractivity contribution in [1.29, 1.82) is 0 Å². The molecule has 6 heteroatoms. The Morgan fingerprint density at radius 2 is 1.76 bits per heavy atom. The summed E-state index contributed by atoms with van der Waals surface area (Å²) in [5, 5.41) is 5.18. The highest BCUT2D eigenvalue weighted by atomic mass is 16.5. The van der Waals surface area contributed by atoms with E-state index in [4.69, 9.17) is 4.74 Å². The minimum absolute atomic E-state index is 0.0610. The molecule has 0 saturated carbocycles. The number of rotatable bonds is 8. The van der Waals surface area contributed by atoms with Crippen LogP contribution in [0.25, 0.3) is 0 Å². The van der Waals surface area contributed by atoms with Crippen LogP contribution in [0.5, 0.6) is 5.75 Å². The molecule has 6 nitrogen and oxygen atoms in total. The van der Waals surface area contributed by atoms with E-state index in [1.807, 2.05) is 31.2 Å². The van der Waals surface area contributed by atoms with E-state index in [2.05, 4.69) is 15.4 Å². The van der Waals surface area contributed by atoms with Crippen molar-refractivity contribution >= 4 is 12.0 Å². The van der Waals surface area contributed by atoms with Crippen molar-refractivity contribution in [2.45, 2.75) is 19.8 Å². The molecule has 0 spiro atoms. The molecule has 0 saturated heterocycles. The Bertz CT molecular complexity index is 445. The molecule has 1 rings (SSSR count). The van der Waals surface area contributed by atoms with E-state index in [1.165, 1.54) is 12.7 Å². The monoisotopic (exact) mass is 294 g/mol. The van der Waals surface area contributed by atoms with Gasteiger partial charge in [0.15, 0.2) is 0 Å². The average molecular weight is 294 g/mol. The predicted molar refractivity (Wildman–Crippen MR) is 79.3 cm³/mol. The minimum Gasteiger partial charge on any atom is -0.494 e. The van der Waals surface area contributed by atoms with Crippen LogP contribution in [-0.4, -0.2) is 38.8 Å². The molecule has 0 unspecified atom stereocenters. The molecule has 0 aliphatic carbocycles. The van der Waals surface area contributed by atoms with Crippen LogP contribution in [0.1, 0.15) is 18.4 Å². The normalized spacial score (nSPS) is 9.81. The second kappa shape index (κ2) is 9.63. The number of hydrogen-bond donors (Lipinski definition) is 2. The highest BCUT2D eigenvalue weighted by Gasteiger charge is 2.02. The standard InChI is InChI=1S/C15H22N2O4/c1-12-5-7-13(8-6-12)21-11-3-4-14(18)16-9-10-17-15(19)20-2/h5-8H,3-4,9-11H2,1-2H3,(H,16,18)(H,17,19). The molecule has 1 aromatic rings. The first-order valence-electron chi connectivity index (χ1n) is 6.90. The van der Waals surface area contributed by atoms with E-state index in [0.29, 0.717) is 32.5 Å². The van der Waals surface area contributed by atoms with Gasteiger partial charge in [0.1, 0.15) is 5.75 Å². The van der Waals surface area contributed by atoms with Gasteiger partial charge in [0.2, 0.25) is 5.91 Å². The summed E-state index contributed by atoms with van der Waals surface area (Å²) >= 11 is 0. The summed E-state index contributed by atoms with van der Waals surface area (Å²) in [5.41, 5.74) is 1.18. The molecule has 0 aromatic heterocycles. The maximum absolute atomic E-state index is 11.5. The number of benzene rings is 1. The third-order valence-electron chi connectivity index (χ3n) is 2.74. The van der Waals surface area contributed by atoms with Crippen LogP contribution in [0, 0.1) is 6.92 Å². The maximum Gasteiger partial charge on any atom is 0.406 e. The number of nitrogens with one attached hydrogen (secondary N) is 2. The van der Waals surface area contributed by atoms with Crippen LogP contribution in [0.4, 0.5) is 4.79 Å². The smallest absolute Gasteiger partial charge is 0.406 e. The van der Waals surface area contributed by atoms with E-state index < -0.39 is 6.09 Å². The zero-order chi connectivity index (χ0) is 15.5. The molecule has 0 radical (unpaired) electrons. The first-order valence-corrected chi connectivity index (χ1v) is 6.90. The van der Waals surface area contributed by atoms with Crippen molar-refractivity contribution in [1.82, 2.24) is 10.6 Å². The van der Waals surface area contributed by atoms with Gasteiger partial charge >= 0.3 is 6.09 Å². The summed E-state index contributed by atoms with van der Waals surface area (Å²) in [4.78, 5) is 22.3. The van der Waals surface area contributed by atoms with Gasteiger partial charge in [-0.2, -0.15) is 0 Å². The quantitative estimate of drug-likeness (QED) is 0.714. The van der Waals surface area contributed by atoms with Gasteiger partial charge in [-0.3, -0.25) is 4.79 Å². The molecular formula is C15H22N2O4. The zero-order valence-corrected chi connectivity index (χ0v) is 12.5. The average Bonchev–Trinajstić information content (AvgIpc) is 2.49. The van der Waals surface area contributed by atoms with Gasteiger partial charge in [-0.1, -0.05) is 17.7 Å². The molecule has 0 atom stereocenters. The summed E-state index contributed by atoms with van der Waals surface area (Å²) in [7, 11) is 1.29. The molecule has 116 valence electrons. The second-order valence-electron chi connectivity index (χ2n) is 4.53. The Morgan fingerprint density at radius 1 is 1.10 bits per heavy atom. The summed E-state index contributed by atoms with van der Waals surface area (Å²) in [6, 6.07) is 7.79. The van der Waals surface area contributed by atoms with Crippen molar-refractivity contribution in [3.8, 4) is 5.75 Å².